The molecular weight excluding hydrogens is 143 g/mol. The van der Waals surface area contributed by atoms with Crippen LogP contribution in [0.2, 0.25) is 0 Å². The largest absolute Gasteiger partial charge is 0.309 e. The summed E-state index contributed by atoms with van der Waals surface area (Å²) < 4.78 is 12.4. The summed E-state index contributed by atoms with van der Waals surface area (Å²) in [5, 5.41) is 3.20. The molecule has 1 saturated heterocycles. The number of halogens is 1. The van der Waals surface area contributed by atoms with E-state index >= 15 is 0 Å². The molecule has 2 nitrogen and oxygen atoms in total. The van der Waals surface area contributed by atoms with Gasteiger partial charge in [0.2, 0.25) is 0 Å². The fourth-order valence-corrected chi connectivity index (χ4v) is 1.13. The number of nitrogens with zero attached hydrogens (tertiary/aromatic N) is 1. The normalized spacial score (nSPS) is 22.8. The predicted octanol–water partition coefficient (Wildman–Crippen LogP) is 1.26. The fraction of sp³-hybridized carbons (Fsp3) is 0.375. The highest BCUT2D eigenvalue weighted by atomic mass is 19.1. The van der Waals surface area contributed by atoms with Crippen LogP contribution in [0.4, 0.5) is 4.39 Å². The minimum Gasteiger partial charge on any atom is -0.309 e. The summed E-state index contributed by atoms with van der Waals surface area (Å²) in [4.78, 5) is 3.96. The maximum atomic E-state index is 12.4. The Balaban J connectivity index is 2.18. The highest BCUT2D eigenvalue weighted by Gasteiger charge is 2.18. The number of hydrogen-bond donors (Lipinski definition) is 1. The van der Waals surface area contributed by atoms with Gasteiger partial charge in [-0.25, -0.2) is 4.39 Å². The van der Waals surface area contributed by atoms with Crippen LogP contribution < -0.4 is 5.32 Å². The van der Waals surface area contributed by atoms with Crippen molar-refractivity contribution in [3.63, 3.8) is 0 Å². The minimum atomic E-state index is -0.270. The van der Waals surface area contributed by atoms with E-state index in [1.165, 1.54) is 12.3 Å². The maximum Gasteiger partial charge on any atom is 0.141 e. The molecule has 0 bridgehead atoms. The Morgan fingerprint density at radius 3 is 2.82 bits per heavy atom. The summed E-state index contributed by atoms with van der Waals surface area (Å²) in [6.07, 6.45) is 2.37. The summed E-state index contributed by atoms with van der Waals surface area (Å²) in [5.74, 6) is -0.270. The Labute approximate surface area is 64.5 Å². The Kier molecular flexibility index (Phi) is 1.58. The molecule has 0 radical (unpaired) electrons. The van der Waals surface area contributed by atoms with Crippen molar-refractivity contribution in [2.45, 2.75) is 12.5 Å². The van der Waals surface area contributed by atoms with Gasteiger partial charge in [0.25, 0.3) is 0 Å². The Morgan fingerprint density at radius 2 is 2.36 bits per heavy atom. The van der Waals surface area contributed by atoms with Crippen molar-refractivity contribution >= 4 is 0 Å². The molecule has 1 aromatic heterocycles. The molecule has 2 heterocycles. The van der Waals surface area contributed by atoms with Gasteiger partial charge in [-0.3, -0.25) is 4.98 Å². The van der Waals surface area contributed by atoms with Gasteiger partial charge < -0.3 is 5.32 Å². The molecule has 0 amide bonds. The Hall–Kier alpha value is -0.960. The average Bonchev–Trinajstić information content (AvgIpc) is 1.90. The van der Waals surface area contributed by atoms with E-state index in [9.17, 15) is 4.39 Å². The van der Waals surface area contributed by atoms with Gasteiger partial charge in [0.05, 0.1) is 17.9 Å². The van der Waals surface area contributed by atoms with Crippen LogP contribution in [0.25, 0.3) is 0 Å². The van der Waals surface area contributed by atoms with Crippen LogP contribution in [0.15, 0.2) is 18.3 Å². The average molecular weight is 152 g/mol. The van der Waals surface area contributed by atoms with E-state index in [1.807, 2.05) is 0 Å². The second-order valence-electron chi connectivity index (χ2n) is 2.70. The van der Waals surface area contributed by atoms with Gasteiger partial charge in [0.1, 0.15) is 5.82 Å². The fourth-order valence-electron chi connectivity index (χ4n) is 1.13. The zero-order valence-electron chi connectivity index (χ0n) is 6.05. The van der Waals surface area contributed by atoms with E-state index < -0.39 is 0 Å². The van der Waals surface area contributed by atoms with E-state index in [1.54, 1.807) is 6.07 Å². The number of pyridine rings is 1. The summed E-state index contributed by atoms with van der Waals surface area (Å²) in [7, 11) is 0. The van der Waals surface area contributed by atoms with E-state index in [4.69, 9.17) is 0 Å². The zero-order valence-corrected chi connectivity index (χ0v) is 6.05. The lowest BCUT2D eigenvalue weighted by molar-refractivity contribution is 0.374. The Morgan fingerprint density at radius 1 is 1.55 bits per heavy atom. The zero-order chi connectivity index (χ0) is 7.68. The number of aromatic nitrogens is 1. The molecule has 0 spiro atoms. The summed E-state index contributed by atoms with van der Waals surface area (Å²) in [6, 6.07) is 3.53. The number of nitrogens with one attached hydrogen (secondary N) is 1. The quantitative estimate of drug-likeness (QED) is 0.655. The minimum absolute atomic E-state index is 0.270. The molecule has 1 fully saturated rings. The lowest BCUT2D eigenvalue weighted by Gasteiger charge is -2.26. The van der Waals surface area contributed by atoms with Crippen molar-refractivity contribution < 1.29 is 4.39 Å². The molecule has 58 valence electrons. The third-order valence-electron chi connectivity index (χ3n) is 1.93. The molecule has 0 saturated carbocycles. The molecule has 2 rings (SSSR count). The molecule has 0 aliphatic carbocycles. The highest BCUT2D eigenvalue weighted by molar-refractivity contribution is 5.11. The summed E-state index contributed by atoms with van der Waals surface area (Å²) in [6.45, 7) is 1.05. The van der Waals surface area contributed by atoms with Crippen LogP contribution in [-0.4, -0.2) is 11.5 Å². The molecule has 11 heavy (non-hydrogen) atoms. The van der Waals surface area contributed by atoms with Crippen LogP contribution in [0, 0.1) is 5.82 Å². The first-order valence-corrected chi connectivity index (χ1v) is 3.71. The molecule has 1 aliphatic heterocycles. The standard InChI is InChI=1S/C8H9FN2/c9-6-1-2-7(11-5-6)8-3-4-10-8/h1-2,5,8,10H,3-4H2/t8-/m1/s1. The Bertz CT molecular complexity index is 241. The number of rotatable bonds is 1. The van der Waals surface area contributed by atoms with Crippen molar-refractivity contribution in [1.29, 1.82) is 0 Å². The van der Waals surface area contributed by atoms with Crippen molar-refractivity contribution in [1.82, 2.24) is 10.3 Å². The molecule has 1 N–H and O–H groups in total. The van der Waals surface area contributed by atoms with Gasteiger partial charge in [0.15, 0.2) is 0 Å². The van der Waals surface area contributed by atoms with E-state index in [2.05, 4.69) is 10.3 Å². The molecular formula is C8H9FN2. The molecule has 1 aromatic rings. The lowest BCUT2D eigenvalue weighted by atomic mass is 10.0. The van der Waals surface area contributed by atoms with E-state index in [0.29, 0.717) is 6.04 Å². The topological polar surface area (TPSA) is 24.9 Å². The monoisotopic (exact) mass is 152 g/mol. The number of hydrogen-bond acceptors (Lipinski definition) is 2. The van der Waals surface area contributed by atoms with Gasteiger partial charge >= 0.3 is 0 Å². The highest BCUT2D eigenvalue weighted by Crippen LogP contribution is 2.19. The second-order valence-corrected chi connectivity index (χ2v) is 2.70. The van der Waals surface area contributed by atoms with Gasteiger partial charge in [0, 0.05) is 0 Å². The summed E-state index contributed by atoms with van der Waals surface area (Å²) >= 11 is 0. The van der Waals surface area contributed by atoms with Gasteiger partial charge in [-0.15, -0.1) is 0 Å². The van der Waals surface area contributed by atoms with Crippen molar-refractivity contribution in [2.75, 3.05) is 6.54 Å². The summed E-state index contributed by atoms with van der Waals surface area (Å²) in [5.41, 5.74) is 0.942. The van der Waals surface area contributed by atoms with Crippen molar-refractivity contribution in [3.05, 3.63) is 29.8 Å². The first kappa shape index (κ1) is 6.73. The van der Waals surface area contributed by atoms with Crippen LogP contribution in [0.3, 0.4) is 0 Å². The SMILES string of the molecule is Fc1ccc([C@H]2CCN2)nc1. The van der Waals surface area contributed by atoms with Crippen LogP contribution >= 0.6 is 0 Å². The van der Waals surface area contributed by atoms with E-state index in [0.717, 1.165) is 18.7 Å². The van der Waals surface area contributed by atoms with Crippen molar-refractivity contribution in [3.8, 4) is 0 Å². The smallest absolute Gasteiger partial charge is 0.141 e. The molecule has 1 aliphatic rings. The van der Waals surface area contributed by atoms with Crippen LogP contribution in [-0.2, 0) is 0 Å². The maximum absolute atomic E-state index is 12.4. The second kappa shape index (κ2) is 2.58. The molecule has 3 heteroatoms. The lowest BCUT2D eigenvalue weighted by Crippen LogP contribution is -2.35. The molecule has 0 aromatic carbocycles. The predicted molar refractivity (Wildman–Crippen MR) is 39.6 cm³/mol. The van der Waals surface area contributed by atoms with Crippen molar-refractivity contribution in [2.24, 2.45) is 0 Å². The van der Waals surface area contributed by atoms with E-state index in [-0.39, 0.29) is 5.82 Å². The van der Waals surface area contributed by atoms with Gasteiger partial charge in [-0.05, 0) is 25.1 Å². The third-order valence-corrected chi connectivity index (χ3v) is 1.93. The first-order valence-electron chi connectivity index (χ1n) is 3.71. The van der Waals surface area contributed by atoms with Gasteiger partial charge in [-0.1, -0.05) is 0 Å². The third kappa shape index (κ3) is 1.24. The van der Waals surface area contributed by atoms with Gasteiger partial charge in [-0.2, -0.15) is 0 Å². The van der Waals surface area contributed by atoms with Crippen LogP contribution in [0.5, 0.6) is 0 Å². The molecule has 1 atom stereocenters. The van der Waals surface area contributed by atoms with Crippen LogP contribution in [0.1, 0.15) is 18.2 Å². The molecule has 0 unspecified atom stereocenters. The first-order chi connectivity index (χ1) is 5.36.